The summed E-state index contributed by atoms with van der Waals surface area (Å²) < 4.78 is 5.70. The molecule has 1 aromatic rings. The number of rotatable bonds is 10. The summed E-state index contributed by atoms with van der Waals surface area (Å²) in [4.78, 5) is 25.6. The fourth-order valence-corrected chi connectivity index (χ4v) is 3.44. The van der Waals surface area contributed by atoms with Crippen LogP contribution in [0, 0.1) is 32.6 Å². The average molecular weight is 361 g/mol. The molecule has 0 aliphatic carbocycles. The Hall–Kier alpha value is -1.64. The first-order chi connectivity index (χ1) is 12.2. The van der Waals surface area contributed by atoms with Gasteiger partial charge in [-0.15, -0.1) is 0 Å². The first-order valence-electron chi connectivity index (χ1n) is 10.0. The van der Waals surface area contributed by atoms with Gasteiger partial charge in [-0.05, 0) is 44.2 Å². The van der Waals surface area contributed by atoms with Crippen LogP contribution in [0.15, 0.2) is 12.1 Å². The van der Waals surface area contributed by atoms with Crippen molar-refractivity contribution >= 4 is 11.8 Å². The third kappa shape index (κ3) is 6.26. The highest BCUT2D eigenvalue weighted by Gasteiger charge is 2.30. The number of aryl methyl sites for hydroxylation is 3. The molecule has 0 heterocycles. The predicted octanol–water partition coefficient (Wildman–Crippen LogP) is 5.97. The summed E-state index contributed by atoms with van der Waals surface area (Å²) in [5.74, 6) is -0.558. The van der Waals surface area contributed by atoms with Gasteiger partial charge in [0.25, 0.3) is 0 Å². The molecular formula is C23H36O3. The van der Waals surface area contributed by atoms with Crippen LogP contribution in [-0.2, 0) is 9.53 Å². The lowest BCUT2D eigenvalue weighted by Crippen LogP contribution is -2.35. The number of ketones is 1. The molecule has 0 spiro atoms. The maximum Gasteiger partial charge on any atom is 0.309 e. The topological polar surface area (TPSA) is 43.4 Å². The van der Waals surface area contributed by atoms with Gasteiger partial charge in [0.1, 0.15) is 0 Å². The van der Waals surface area contributed by atoms with Gasteiger partial charge in [0.05, 0.1) is 5.92 Å². The van der Waals surface area contributed by atoms with Crippen LogP contribution >= 0.6 is 0 Å². The lowest BCUT2D eigenvalue weighted by Gasteiger charge is -2.24. The molecule has 0 amide bonds. The maximum absolute atomic E-state index is 13.1. The SMILES string of the molecule is CCCCCCC(C)C(=O)OC(C(=O)c1c(C)cc(C)cc1C)C(C)C. The first kappa shape index (κ1) is 22.4. The maximum atomic E-state index is 13.1. The largest absolute Gasteiger partial charge is 0.453 e. The molecule has 0 aromatic heterocycles. The van der Waals surface area contributed by atoms with Crippen LogP contribution in [0.25, 0.3) is 0 Å². The van der Waals surface area contributed by atoms with E-state index in [1.807, 2.05) is 53.7 Å². The molecule has 1 aromatic carbocycles. The summed E-state index contributed by atoms with van der Waals surface area (Å²) in [7, 11) is 0. The fraction of sp³-hybridized carbons (Fsp3) is 0.652. The van der Waals surface area contributed by atoms with E-state index in [1.165, 1.54) is 12.8 Å². The molecule has 2 unspecified atom stereocenters. The monoisotopic (exact) mass is 360 g/mol. The van der Waals surface area contributed by atoms with Crippen molar-refractivity contribution in [2.75, 3.05) is 0 Å². The van der Waals surface area contributed by atoms with E-state index in [0.29, 0.717) is 5.56 Å². The third-order valence-corrected chi connectivity index (χ3v) is 4.92. The Morgan fingerprint density at radius 2 is 1.54 bits per heavy atom. The fourth-order valence-electron chi connectivity index (χ4n) is 3.44. The Morgan fingerprint density at radius 1 is 0.962 bits per heavy atom. The molecule has 0 fully saturated rings. The van der Waals surface area contributed by atoms with E-state index in [9.17, 15) is 9.59 Å². The zero-order chi connectivity index (χ0) is 19.9. The number of unbranched alkanes of at least 4 members (excludes halogenated alkanes) is 3. The number of benzene rings is 1. The van der Waals surface area contributed by atoms with E-state index in [0.717, 1.165) is 36.0 Å². The number of carbonyl (C=O) groups excluding carboxylic acids is 2. The normalized spacial score (nSPS) is 13.5. The summed E-state index contributed by atoms with van der Waals surface area (Å²) in [6.45, 7) is 13.9. The van der Waals surface area contributed by atoms with Gasteiger partial charge in [0.2, 0.25) is 5.78 Å². The minimum atomic E-state index is -0.722. The molecule has 3 nitrogen and oxygen atoms in total. The molecule has 26 heavy (non-hydrogen) atoms. The van der Waals surface area contributed by atoms with Crippen molar-refractivity contribution in [1.29, 1.82) is 0 Å². The van der Waals surface area contributed by atoms with Gasteiger partial charge in [-0.1, -0.05) is 71.1 Å². The van der Waals surface area contributed by atoms with Crippen molar-refractivity contribution < 1.29 is 14.3 Å². The Bertz CT molecular complexity index is 593. The van der Waals surface area contributed by atoms with Crippen LogP contribution in [0.4, 0.5) is 0 Å². The van der Waals surface area contributed by atoms with Crippen molar-refractivity contribution in [3.63, 3.8) is 0 Å². The smallest absolute Gasteiger partial charge is 0.309 e. The molecule has 0 bridgehead atoms. The highest BCUT2D eigenvalue weighted by Crippen LogP contribution is 2.23. The number of carbonyl (C=O) groups is 2. The number of hydrogen-bond donors (Lipinski definition) is 0. The van der Waals surface area contributed by atoms with Gasteiger partial charge in [0, 0.05) is 5.56 Å². The van der Waals surface area contributed by atoms with Crippen LogP contribution in [-0.4, -0.2) is 17.9 Å². The standard InChI is InChI=1S/C23H36O3/c1-8-9-10-11-12-17(5)23(25)26-22(15(2)3)21(24)20-18(6)13-16(4)14-19(20)7/h13-15,17,22H,8-12H2,1-7H3. The van der Waals surface area contributed by atoms with E-state index in [-0.39, 0.29) is 23.6 Å². The molecule has 0 aliphatic heterocycles. The van der Waals surface area contributed by atoms with Gasteiger partial charge in [0.15, 0.2) is 6.10 Å². The first-order valence-corrected chi connectivity index (χ1v) is 10.0. The van der Waals surface area contributed by atoms with Crippen molar-refractivity contribution in [2.45, 2.75) is 86.7 Å². The molecule has 1 rings (SSSR count). The van der Waals surface area contributed by atoms with E-state index in [1.54, 1.807) is 0 Å². The van der Waals surface area contributed by atoms with Crippen LogP contribution in [0.2, 0.25) is 0 Å². The summed E-state index contributed by atoms with van der Waals surface area (Å²) in [6.07, 6.45) is 4.64. The van der Waals surface area contributed by atoms with Gasteiger partial charge < -0.3 is 4.74 Å². The van der Waals surface area contributed by atoms with E-state index < -0.39 is 6.10 Å². The minimum absolute atomic E-state index is 0.0566. The molecule has 146 valence electrons. The quantitative estimate of drug-likeness (QED) is 0.293. The summed E-state index contributed by atoms with van der Waals surface area (Å²) in [5.41, 5.74) is 3.72. The number of ether oxygens (including phenoxy) is 1. The number of esters is 1. The summed E-state index contributed by atoms with van der Waals surface area (Å²) in [6, 6.07) is 4.02. The van der Waals surface area contributed by atoms with E-state index >= 15 is 0 Å². The van der Waals surface area contributed by atoms with Crippen LogP contribution in [0.3, 0.4) is 0 Å². The average Bonchev–Trinajstić information content (AvgIpc) is 2.54. The Morgan fingerprint density at radius 3 is 2.04 bits per heavy atom. The summed E-state index contributed by atoms with van der Waals surface area (Å²) in [5, 5.41) is 0. The van der Waals surface area contributed by atoms with Gasteiger partial charge in [-0.2, -0.15) is 0 Å². The highest BCUT2D eigenvalue weighted by atomic mass is 16.5. The lowest BCUT2D eigenvalue weighted by atomic mass is 9.90. The molecule has 2 atom stereocenters. The van der Waals surface area contributed by atoms with Crippen molar-refractivity contribution in [3.8, 4) is 0 Å². The van der Waals surface area contributed by atoms with Crippen molar-refractivity contribution in [2.24, 2.45) is 11.8 Å². The zero-order valence-electron chi connectivity index (χ0n) is 17.6. The zero-order valence-corrected chi connectivity index (χ0v) is 17.6. The van der Waals surface area contributed by atoms with Gasteiger partial charge >= 0.3 is 5.97 Å². The second-order valence-corrected chi connectivity index (χ2v) is 7.99. The van der Waals surface area contributed by atoms with Gasteiger partial charge in [-0.25, -0.2) is 0 Å². The molecule has 0 saturated carbocycles. The molecule has 0 N–H and O–H groups in total. The molecular weight excluding hydrogens is 324 g/mol. The van der Waals surface area contributed by atoms with Gasteiger partial charge in [-0.3, -0.25) is 9.59 Å². The van der Waals surface area contributed by atoms with E-state index in [2.05, 4.69) is 6.92 Å². The second-order valence-electron chi connectivity index (χ2n) is 7.99. The molecule has 0 aliphatic rings. The highest BCUT2D eigenvalue weighted by molar-refractivity contribution is 6.03. The second kappa shape index (κ2) is 10.5. The lowest BCUT2D eigenvalue weighted by molar-refractivity contribution is -0.153. The van der Waals surface area contributed by atoms with Crippen molar-refractivity contribution in [3.05, 3.63) is 34.4 Å². The number of Topliss-reactive ketones (excluding diaryl/α,β-unsaturated/α-hetero) is 1. The summed E-state index contributed by atoms with van der Waals surface area (Å²) >= 11 is 0. The Balaban J connectivity index is 2.86. The minimum Gasteiger partial charge on any atom is -0.453 e. The Labute approximate surface area is 159 Å². The molecule has 3 heteroatoms. The third-order valence-electron chi connectivity index (χ3n) is 4.92. The van der Waals surface area contributed by atoms with Crippen LogP contribution < -0.4 is 0 Å². The Kier molecular flexibility index (Phi) is 9.04. The molecule has 0 radical (unpaired) electrons. The van der Waals surface area contributed by atoms with E-state index in [4.69, 9.17) is 4.74 Å². The van der Waals surface area contributed by atoms with Crippen LogP contribution in [0.5, 0.6) is 0 Å². The molecule has 0 saturated heterocycles. The number of hydrogen-bond acceptors (Lipinski definition) is 3. The van der Waals surface area contributed by atoms with Crippen LogP contribution in [0.1, 0.15) is 86.8 Å². The van der Waals surface area contributed by atoms with Crippen molar-refractivity contribution in [1.82, 2.24) is 0 Å². The predicted molar refractivity (Wildman–Crippen MR) is 108 cm³/mol.